The molecule has 0 aliphatic carbocycles. The second-order valence-electron chi connectivity index (χ2n) is 4.84. The fourth-order valence-electron chi connectivity index (χ4n) is 2.07. The highest BCUT2D eigenvalue weighted by molar-refractivity contribution is 5.93. The van der Waals surface area contributed by atoms with Gasteiger partial charge in [0.2, 0.25) is 6.79 Å². The van der Waals surface area contributed by atoms with Crippen molar-refractivity contribution >= 4 is 11.7 Å². The number of anilines is 1. The first-order chi connectivity index (χ1) is 10.7. The van der Waals surface area contributed by atoms with Crippen molar-refractivity contribution < 1.29 is 23.5 Å². The van der Waals surface area contributed by atoms with Crippen LogP contribution in [0.2, 0.25) is 0 Å². The van der Waals surface area contributed by atoms with Crippen molar-refractivity contribution in [3.63, 3.8) is 0 Å². The molecule has 0 radical (unpaired) electrons. The normalized spacial score (nSPS) is 13.7. The molecule has 1 amide bonds. The van der Waals surface area contributed by atoms with Gasteiger partial charge in [-0.25, -0.2) is 0 Å². The van der Waals surface area contributed by atoms with Crippen LogP contribution < -0.4 is 19.5 Å². The summed E-state index contributed by atoms with van der Waals surface area (Å²) in [5.74, 6) is 2.54. The molecule has 22 heavy (non-hydrogen) atoms. The average Bonchev–Trinajstić information content (AvgIpc) is 3.12. The minimum atomic E-state index is -0.641. The molecule has 0 spiro atoms. The van der Waals surface area contributed by atoms with Crippen molar-refractivity contribution in [2.75, 3.05) is 12.1 Å². The second-order valence-corrected chi connectivity index (χ2v) is 4.84. The zero-order chi connectivity index (χ0) is 15.5. The number of hydrogen-bond donors (Lipinski definition) is 1. The maximum atomic E-state index is 12.2. The SMILES string of the molecule is CC[C@@H](Oc1ccc2c(c1)OCO2)C(=O)Nc1cc(C)on1. The highest BCUT2D eigenvalue weighted by Gasteiger charge is 2.21. The molecule has 2 aromatic rings. The molecule has 0 saturated carbocycles. The number of carbonyl (C=O) groups is 1. The van der Waals surface area contributed by atoms with Crippen LogP contribution in [0, 0.1) is 6.92 Å². The first kappa shape index (κ1) is 14.2. The average molecular weight is 304 g/mol. The topological polar surface area (TPSA) is 82.8 Å². The lowest BCUT2D eigenvalue weighted by Gasteiger charge is -2.16. The number of nitrogens with zero attached hydrogens (tertiary/aromatic N) is 1. The van der Waals surface area contributed by atoms with Gasteiger partial charge in [-0.3, -0.25) is 4.79 Å². The van der Waals surface area contributed by atoms with Gasteiger partial charge < -0.3 is 24.1 Å². The Morgan fingerprint density at radius 3 is 2.91 bits per heavy atom. The molecule has 1 N–H and O–H groups in total. The predicted molar refractivity (Wildman–Crippen MR) is 77.1 cm³/mol. The van der Waals surface area contributed by atoms with E-state index in [4.69, 9.17) is 18.7 Å². The fraction of sp³-hybridized carbons (Fsp3) is 0.333. The lowest BCUT2D eigenvalue weighted by atomic mass is 10.2. The van der Waals surface area contributed by atoms with Crippen LogP contribution in [0.15, 0.2) is 28.8 Å². The summed E-state index contributed by atoms with van der Waals surface area (Å²) in [6.07, 6.45) is -0.130. The van der Waals surface area contributed by atoms with E-state index in [-0.39, 0.29) is 12.7 Å². The van der Waals surface area contributed by atoms with Gasteiger partial charge in [0, 0.05) is 12.1 Å². The number of rotatable bonds is 5. The van der Waals surface area contributed by atoms with Gasteiger partial charge in [0.25, 0.3) is 5.91 Å². The molecule has 7 heteroatoms. The van der Waals surface area contributed by atoms with Gasteiger partial charge in [-0.15, -0.1) is 0 Å². The van der Waals surface area contributed by atoms with E-state index in [9.17, 15) is 4.79 Å². The van der Waals surface area contributed by atoms with Crippen molar-refractivity contribution in [1.29, 1.82) is 0 Å². The summed E-state index contributed by atoms with van der Waals surface area (Å²) < 4.78 is 21.2. The highest BCUT2D eigenvalue weighted by Crippen LogP contribution is 2.35. The van der Waals surface area contributed by atoms with Gasteiger partial charge in [-0.2, -0.15) is 0 Å². The molecule has 0 unspecified atom stereocenters. The number of fused-ring (bicyclic) bond motifs is 1. The van der Waals surface area contributed by atoms with E-state index in [0.29, 0.717) is 35.2 Å². The number of ether oxygens (including phenoxy) is 3. The van der Waals surface area contributed by atoms with Gasteiger partial charge in [0.15, 0.2) is 23.4 Å². The number of carbonyl (C=O) groups excluding carboxylic acids is 1. The van der Waals surface area contributed by atoms with E-state index in [1.165, 1.54) is 0 Å². The molecule has 2 heterocycles. The van der Waals surface area contributed by atoms with Crippen LogP contribution in [0.5, 0.6) is 17.2 Å². The zero-order valence-electron chi connectivity index (χ0n) is 12.3. The Balaban J connectivity index is 1.67. The van der Waals surface area contributed by atoms with Gasteiger partial charge in [0.1, 0.15) is 11.5 Å². The van der Waals surface area contributed by atoms with E-state index in [2.05, 4.69) is 10.5 Å². The molecule has 7 nitrogen and oxygen atoms in total. The minimum Gasteiger partial charge on any atom is -0.480 e. The smallest absolute Gasteiger partial charge is 0.266 e. The number of hydrogen-bond acceptors (Lipinski definition) is 6. The van der Waals surface area contributed by atoms with Crippen LogP contribution in [0.1, 0.15) is 19.1 Å². The van der Waals surface area contributed by atoms with Crippen molar-refractivity contribution in [3.05, 3.63) is 30.0 Å². The monoisotopic (exact) mass is 304 g/mol. The molecule has 1 atom stereocenters. The molecule has 0 fully saturated rings. The second kappa shape index (κ2) is 5.97. The lowest BCUT2D eigenvalue weighted by molar-refractivity contribution is -0.122. The molecule has 1 aromatic carbocycles. The van der Waals surface area contributed by atoms with Gasteiger partial charge in [0.05, 0.1) is 0 Å². The van der Waals surface area contributed by atoms with Crippen molar-refractivity contribution in [2.45, 2.75) is 26.4 Å². The number of nitrogens with one attached hydrogen (secondary N) is 1. The van der Waals surface area contributed by atoms with Crippen molar-refractivity contribution in [3.8, 4) is 17.2 Å². The Morgan fingerprint density at radius 2 is 2.18 bits per heavy atom. The molecule has 3 rings (SSSR count). The third-order valence-corrected chi connectivity index (χ3v) is 3.16. The van der Waals surface area contributed by atoms with E-state index in [1.807, 2.05) is 6.92 Å². The highest BCUT2D eigenvalue weighted by atomic mass is 16.7. The Morgan fingerprint density at radius 1 is 1.36 bits per heavy atom. The van der Waals surface area contributed by atoms with Crippen LogP contribution >= 0.6 is 0 Å². The summed E-state index contributed by atoms with van der Waals surface area (Å²) in [4.78, 5) is 12.2. The molecule has 116 valence electrons. The van der Waals surface area contributed by atoms with Crippen molar-refractivity contribution in [2.24, 2.45) is 0 Å². The summed E-state index contributed by atoms with van der Waals surface area (Å²) >= 11 is 0. The number of aryl methyl sites for hydroxylation is 1. The Hall–Kier alpha value is -2.70. The lowest BCUT2D eigenvalue weighted by Crippen LogP contribution is -2.32. The molecule has 0 bridgehead atoms. The van der Waals surface area contributed by atoms with E-state index >= 15 is 0 Å². The fourth-order valence-corrected chi connectivity index (χ4v) is 2.07. The summed E-state index contributed by atoms with van der Waals surface area (Å²) in [6.45, 7) is 3.82. The van der Waals surface area contributed by atoms with Crippen LogP contribution in [0.3, 0.4) is 0 Å². The summed E-state index contributed by atoms with van der Waals surface area (Å²) in [5.41, 5.74) is 0. The molecule has 1 aliphatic heterocycles. The first-order valence-corrected chi connectivity index (χ1v) is 6.96. The molecular formula is C15H16N2O5. The Labute approximate surface area is 127 Å². The molecule has 1 aliphatic rings. The summed E-state index contributed by atoms with van der Waals surface area (Å²) in [5, 5.41) is 6.39. The number of benzene rings is 1. The van der Waals surface area contributed by atoms with E-state index in [0.717, 1.165) is 0 Å². The quantitative estimate of drug-likeness (QED) is 0.914. The van der Waals surface area contributed by atoms with Crippen LogP contribution in [0.4, 0.5) is 5.82 Å². The number of amides is 1. The Kier molecular flexibility index (Phi) is 3.86. The maximum absolute atomic E-state index is 12.2. The predicted octanol–water partition coefficient (Wildman–Crippen LogP) is 2.51. The standard InChI is InChI=1S/C15H16N2O5/c1-3-11(15(18)16-14-6-9(2)22-17-14)21-10-4-5-12-13(7-10)20-8-19-12/h4-7,11H,3,8H2,1-2H3,(H,16,17,18)/t11-/m1/s1. The van der Waals surface area contributed by atoms with Crippen LogP contribution in [0.25, 0.3) is 0 Å². The van der Waals surface area contributed by atoms with Gasteiger partial charge >= 0.3 is 0 Å². The molecule has 0 saturated heterocycles. The van der Waals surface area contributed by atoms with E-state index < -0.39 is 6.10 Å². The summed E-state index contributed by atoms with van der Waals surface area (Å²) in [6, 6.07) is 6.84. The largest absolute Gasteiger partial charge is 0.480 e. The Bertz CT molecular complexity index is 682. The molecular weight excluding hydrogens is 288 g/mol. The third kappa shape index (κ3) is 2.98. The van der Waals surface area contributed by atoms with Gasteiger partial charge in [-0.1, -0.05) is 12.1 Å². The van der Waals surface area contributed by atoms with Gasteiger partial charge in [-0.05, 0) is 25.5 Å². The maximum Gasteiger partial charge on any atom is 0.266 e. The first-order valence-electron chi connectivity index (χ1n) is 6.96. The number of aromatic nitrogens is 1. The minimum absolute atomic E-state index is 0.196. The zero-order valence-corrected chi connectivity index (χ0v) is 12.3. The van der Waals surface area contributed by atoms with E-state index in [1.54, 1.807) is 31.2 Å². The third-order valence-electron chi connectivity index (χ3n) is 3.16. The molecule has 1 aromatic heterocycles. The van der Waals surface area contributed by atoms with Crippen LogP contribution in [-0.4, -0.2) is 24.0 Å². The summed E-state index contributed by atoms with van der Waals surface area (Å²) in [7, 11) is 0. The van der Waals surface area contributed by atoms with Crippen LogP contribution in [-0.2, 0) is 4.79 Å². The van der Waals surface area contributed by atoms with Crippen molar-refractivity contribution in [1.82, 2.24) is 5.16 Å².